The molecule has 5 heteroatoms. The Morgan fingerprint density at radius 3 is 2.65 bits per heavy atom. The number of benzene rings is 2. The lowest BCUT2D eigenvalue weighted by molar-refractivity contribution is 0.517. The van der Waals surface area contributed by atoms with Crippen LogP contribution in [0.15, 0.2) is 51.7 Å². The summed E-state index contributed by atoms with van der Waals surface area (Å²) in [5.41, 5.74) is 2.67. The predicted molar refractivity (Wildman–Crippen MR) is 75.7 cm³/mol. The fraction of sp³-hybridized carbons (Fsp3) is 0.0667. The van der Waals surface area contributed by atoms with Crippen molar-refractivity contribution < 1.29 is 4.42 Å². The Kier molecular flexibility index (Phi) is 3.05. The van der Waals surface area contributed by atoms with E-state index in [1.165, 1.54) is 4.57 Å². The second-order valence-corrected chi connectivity index (χ2v) is 4.81. The van der Waals surface area contributed by atoms with Crippen molar-refractivity contribution in [2.45, 2.75) is 6.54 Å². The van der Waals surface area contributed by atoms with Crippen molar-refractivity contribution in [2.24, 2.45) is 0 Å². The molecule has 1 aromatic heterocycles. The molecule has 20 heavy (non-hydrogen) atoms. The molecule has 1 heterocycles. The van der Waals surface area contributed by atoms with Crippen LogP contribution in [0.1, 0.15) is 11.1 Å². The van der Waals surface area contributed by atoms with Crippen molar-refractivity contribution in [3.8, 4) is 6.07 Å². The third kappa shape index (κ3) is 2.20. The molecular formula is C15H9ClN2O2. The second-order valence-electron chi connectivity index (χ2n) is 4.37. The number of oxazole rings is 1. The maximum absolute atomic E-state index is 11.9. The van der Waals surface area contributed by atoms with Gasteiger partial charge in [-0.2, -0.15) is 5.26 Å². The number of hydrogen-bond donors (Lipinski definition) is 0. The van der Waals surface area contributed by atoms with E-state index >= 15 is 0 Å². The summed E-state index contributed by atoms with van der Waals surface area (Å²) in [6.45, 7) is 0.388. The van der Waals surface area contributed by atoms with E-state index < -0.39 is 5.76 Å². The molecule has 0 saturated heterocycles. The lowest BCUT2D eigenvalue weighted by Crippen LogP contribution is -2.14. The van der Waals surface area contributed by atoms with Crippen LogP contribution in [0.4, 0.5) is 0 Å². The van der Waals surface area contributed by atoms with E-state index in [0.29, 0.717) is 28.2 Å². The highest BCUT2D eigenvalue weighted by Gasteiger charge is 2.10. The van der Waals surface area contributed by atoms with Crippen molar-refractivity contribution >= 4 is 22.7 Å². The smallest absolute Gasteiger partial charge is 0.408 e. The van der Waals surface area contributed by atoms with Gasteiger partial charge in [0.15, 0.2) is 5.58 Å². The van der Waals surface area contributed by atoms with Crippen LogP contribution in [-0.2, 0) is 6.54 Å². The first-order chi connectivity index (χ1) is 9.67. The maximum Gasteiger partial charge on any atom is 0.420 e. The van der Waals surface area contributed by atoms with E-state index in [2.05, 4.69) is 6.07 Å². The molecule has 0 radical (unpaired) electrons. The molecule has 0 atom stereocenters. The molecule has 0 spiro atoms. The third-order valence-corrected chi connectivity index (χ3v) is 3.29. The zero-order valence-electron chi connectivity index (χ0n) is 10.3. The summed E-state index contributed by atoms with van der Waals surface area (Å²) in [5.74, 6) is -0.424. The van der Waals surface area contributed by atoms with Crippen molar-refractivity contribution in [3.63, 3.8) is 0 Å². The number of hydrogen-bond acceptors (Lipinski definition) is 3. The number of nitriles is 1. The summed E-state index contributed by atoms with van der Waals surface area (Å²) >= 11 is 5.87. The Morgan fingerprint density at radius 2 is 1.95 bits per heavy atom. The Morgan fingerprint density at radius 1 is 1.20 bits per heavy atom. The number of fused-ring (bicyclic) bond motifs is 1. The number of halogens is 1. The van der Waals surface area contributed by atoms with Gasteiger partial charge in [-0.3, -0.25) is 4.57 Å². The zero-order chi connectivity index (χ0) is 14.1. The molecule has 3 aromatic rings. The Bertz CT molecular complexity index is 870. The summed E-state index contributed by atoms with van der Waals surface area (Å²) < 4.78 is 6.70. The van der Waals surface area contributed by atoms with Crippen molar-refractivity contribution in [3.05, 3.63) is 69.2 Å². The van der Waals surface area contributed by atoms with Gasteiger partial charge in [0, 0.05) is 11.1 Å². The molecule has 0 saturated carbocycles. The molecular weight excluding hydrogens is 276 g/mol. The topological polar surface area (TPSA) is 58.9 Å². The molecule has 0 aliphatic heterocycles. The van der Waals surface area contributed by atoms with Crippen molar-refractivity contribution in [1.29, 1.82) is 5.26 Å². The predicted octanol–water partition coefficient (Wildman–Crippen LogP) is 3.17. The molecule has 3 rings (SSSR count). The highest BCUT2D eigenvalue weighted by molar-refractivity contribution is 6.31. The summed E-state index contributed by atoms with van der Waals surface area (Å²) in [4.78, 5) is 11.9. The Hall–Kier alpha value is -2.51. The first kappa shape index (κ1) is 12.5. The largest absolute Gasteiger partial charge is 0.420 e. The lowest BCUT2D eigenvalue weighted by Gasteiger charge is -2.02. The van der Waals surface area contributed by atoms with Gasteiger partial charge < -0.3 is 4.42 Å². The summed E-state index contributed by atoms with van der Waals surface area (Å²) in [6.07, 6.45) is 0. The molecule has 0 unspecified atom stereocenters. The van der Waals surface area contributed by atoms with Gasteiger partial charge in [0.2, 0.25) is 0 Å². The molecule has 98 valence electrons. The van der Waals surface area contributed by atoms with E-state index in [9.17, 15) is 4.79 Å². The monoisotopic (exact) mass is 284 g/mol. The Labute approximate surface area is 119 Å². The van der Waals surface area contributed by atoms with Gasteiger partial charge in [0.1, 0.15) is 0 Å². The summed E-state index contributed by atoms with van der Waals surface area (Å²) in [6, 6.07) is 14.2. The average molecular weight is 285 g/mol. The van der Waals surface area contributed by atoms with Crippen LogP contribution in [0.5, 0.6) is 0 Å². The van der Waals surface area contributed by atoms with Gasteiger partial charge in [-0.05, 0) is 29.8 Å². The third-order valence-electron chi connectivity index (χ3n) is 3.05. The molecule has 0 amide bonds. The maximum atomic E-state index is 11.9. The van der Waals surface area contributed by atoms with Crippen LogP contribution in [0.3, 0.4) is 0 Å². The highest BCUT2D eigenvalue weighted by Crippen LogP contribution is 2.19. The van der Waals surface area contributed by atoms with Gasteiger partial charge in [-0.25, -0.2) is 4.79 Å². The van der Waals surface area contributed by atoms with Gasteiger partial charge in [0.25, 0.3) is 0 Å². The summed E-state index contributed by atoms with van der Waals surface area (Å²) in [7, 11) is 0. The zero-order valence-corrected chi connectivity index (χ0v) is 11.1. The normalized spacial score (nSPS) is 10.6. The van der Waals surface area contributed by atoms with Crippen LogP contribution >= 0.6 is 11.6 Å². The molecule has 2 aromatic carbocycles. The van der Waals surface area contributed by atoms with Crippen molar-refractivity contribution in [1.82, 2.24) is 4.57 Å². The summed E-state index contributed by atoms with van der Waals surface area (Å²) in [5, 5.41) is 9.29. The fourth-order valence-corrected chi connectivity index (χ4v) is 2.22. The van der Waals surface area contributed by atoms with Crippen LogP contribution < -0.4 is 5.76 Å². The Balaban J connectivity index is 2.04. The van der Waals surface area contributed by atoms with E-state index in [1.54, 1.807) is 30.3 Å². The highest BCUT2D eigenvalue weighted by atomic mass is 35.5. The number of aromatic nitrogens is 1. The van der Waals surface area contributed by atoms with Crippen molar-refractivity contribution in [2.75, 3.05) is 0 Å². The minimum atomic E-state index is -0.424. The van der Waals surface area contributed by atoms with E-state index in [-0.39, 0.29) is 0 Å². The van der Waals surface area contributed by atoms with E-state index in [1.807, 2.05) is 12.1 Å². The van der Waals surface area contributed by atoms with Gasteiger partial charge in [-0.1, -0.05) is 23.7 Å². The van der Waals surface area contributed by atoms with Crippen LogP contribution in [0.25, 0.3) is 11.1 Å². The molecule has 0 N–H and O–H groups in total. The number of rotatable bonds is 2. The molecule has 0 aliphatic rings. The molecule has 0 aliphatic carbocycles. The first-order valence-electron chi connectivity index (χ1n) is 5.95. The minimum Gasteiger partial charge on any atom is -0.408 e. The quantitative estimate of drug-likeness (QED) is 0.726. The fourth-order valence-electron chi connectivity index (χ4n) is 2.06. The number of nitrogens with zero attached hydrogens (tertiary/aromatic N) is 2. The van der Waals surface area contributed by atoms with Crippen LogP contribution in [0, 0.1) is 11.3 Å². The first-order valence-corrected chi connectivity index (χ1v) is 6.33. The minimum absolute atomic E-state index is 0.388. The SMILES string of the molecule is N#Cc1ccc(Cn2c(=O)oc3cc(Cl)ccc32)cc1. The van der Waals surface area contributed by atoms with E-state index in [4.69, 9.17) is 21.3 Å². The van der Waals surface area contributed by atoms with Crippen LogP contribution in [0.2, 0.25) is 5.02 Å². The molecule has 0 fully saturated rings. The standard InChI is InChI=1S/C15H9ClN2O2/c16-12-5-6-13-14(7-12)20-15(19)18(13)9-11-3-1-10(8-17)2-4-11/h1-7H,9H2. The molecule has 4 nitrogen and oxygen atoms in total. The van der Waals surface area contributed by atoms with Gasteiger partial charge in [0.05, 0.1) is 23.7 Å². The van der Waals surface area contributed by atoms with Gasteiger partial charge >= 0.3 is 5.76 Å². The van der Waals surface area contributed by atoms with E-state index in [0.717, 1.165) is 5.56 Å². The lowest BCUT2D eigenvalue weighted by atomic mass is 10.1. The van der Waals surface area contributed by atoms with Crippen LogP contribution in [-0.4, -0.2) is 4.57 Å². The average Bonchev–Trinajstić information content (AvgIpc) is 2.75. The van der Waals surface area contributed by atoms with Gasteiger partial charge in [-0.15, -0.1) is 0 Å². The molecule has 0 bridgehead atoms. The second kappa shape index (κ2) is 4.87.